The van der Waals surface area contributed by atoms with Crippen molar-refractivity contribution in [3.05, 3.63) is 12.4 Å². The molecule has 1 saturated carbocycles. The largest absolute Gasteiger partial charge is 0.352 e. The van der Waals surface area contributed by atoms with Crippen molar-refractivity contribution in [3.8, 4) is 0 Å². The van der Waals surface area contributed by atoms with Crippen LogP contribution in [0.4, 0.5) is 0 Å². The molecule has 1 amide bonds. The van der Waals surface area contributed by atoms with E-state index in [9.17, 15) is 13.2 Å². The molecule has 8 nitrogen and oxygen atoms in total. The molecule has 1 aromatic heterocycles. The van der Waals surface area contributed by atoms with Gasteiger partial charge in [0.15, 0.2) is 0 Å². The maximum atomic E-state index is 12.2. The van der Waals surface area contributed by atoms with Crippen LogP contribution in [-0.4, -0.2) is 42.7 Å². The Balaban J connectivity index is 1.96. The van der Waals surface area contributed by atoms with Crippen LogP contribution in [0.2, 0.25) is 0 Å². The Kier molecular flexibility index (Phi) is 5.20. The van der Waals surface area contributed by atoms with E-state index in [1.165, 1.54) is 24.0 Å². The summed E-state index contributed by atoms with van der Waals surface area (Å²) in [6, 6.07) is -0.827. The molecule has 1 aromatic rings. The van der Waals surface area contributed by atoms with Crippen molar-refractivity contribution in [2.75, 3.05) is 6.54 Å². The van der Waals surface area contributed by atoms with E-state index >= 15 is 0 Å². The van der Waals surface area contributed by atoms with E-state index in [0.717, 1.165) is 19.3 Å². The quantitative estimate of drug-likeness (QED) is 0.639. The first-order chi connectivity index (χ1) is 10.3. The SMILES string of the molecule is CC(NS(=O)(=O)c1cnn(C)c1)C(=O)NC1CCCC1CN. The number of aromatic nitrogens is 2. The molecular formula is C13H23N5O3S. The summed E-state index contributed by atoms with van der Waals surface area (Å²) in [6.45, 7) is 2.05. The monoisotopic (exact) mass is 329 g/mol. The minimum Gasteiger partial charge on any atom is -0.352 e. The van der Waals surface area contributed by atoms with E-state index in [4.69, 9.17) is 5.73 Å². The maximum absolute atomic E-state index is 12.2. The zero-order valence-corrected chi connectivity index (χ0v) is 13.6. The molecule has 3 unspecified atom stereocenters. The minimum atomic E-state index is -3.76. The van der Waals surface area contributed by atoms with Gasteiger partial charge in [-0.2, -0.15) is 9.82 Å². The van der Waals surface area contributed by atoms with Crippen LogP contribution in [0, 0.1) is 5.92 Å². The van der Waals surface area contributed by atoms with Crippen molar-refractivity contribution >= 4 is 15.9 Å². The van der Waals surface area contributed by atoms with Gasteiger partial charge >= 0.3 is 0 Å². The van der Waals surface area contributed by atoms with Crippen LogP contribution < -0.4 is 15.8 Å². The van der Waals surface area contributed by atoms with Crippen LogP contribution in [0.3, 0.4) is 0 Å². The summed E-state index contributed by atoms with van der Waals surface area (Å²) in [4.78, 5) is 12.2. The normalized spacial score (nSPS) is 23.4. The van der Waals surface area contributed by atoms with E-state index in [-0.39, 0.29) is 22.8 Å². The lowest BCUT2D eigenvalue weighted by molar-refractivity contribution is -0.123. The first-order valence-electron chi connectivity index (χ1n) is 7.35. The van der Waals surface area contributed by atoms with Crippen LogP contribution in [0.5, 0.6) is 0 Å². The van der Waals surface area contributed by atoms with Crippen LogP contribution in [0.1, 0.15) is 26.2 Å². The number of nitrogens with two attached hydrogens (primary N) is 1. The third-order valence-electron chi connectivity index (χ3n) is 4.01. The molecule has 1 fully saturated rings. The summed E-state index contributed by atoms with van der Waals surface area (Å²) >= 11 is 0. The van der Waals surface area contributed by atoms with Gasteiger partial charge in [0.05, 0.1) is 12.2 Å². The molecule has 2 rings (SSSR count). The highest BCUT2D eigenvalue weighted by Crippen LogP contribution is 2.24. The molecule has 0 bridgehead atoms. The molecular weight excluding hydrogens is 306 g/mol. The minimum absolute atomic E-state index is 0.0304. The topological polar surface area (TPSA) is 119 Å². The predicted octanol–water partition coefficient (Wildman–Crippen LogP) is -0.669. The molecule has 0 aromatic carbocycles. The molecule has 124 valence electrons. The second kappa shape index (κ2) is 6.76. The zero-order valence-electron chi connectivity index (χ0n) is 12.8. The lowest BCUT2D eigenvalue weighted by atomic mass is 10.0. The van der Waals surface area contributed by atoms with E-state index < -0.39 is 16.1 Å². The fourth-order valence-electron chi connectivity index (χ4n) is 2.71. The molecule has 1 aliphatic rings. The van der Waals surface area contributed by atoms with E-state index in [0.29, 0.717) is 6.54 Å². The van der Waals surface area contributed by atoms with E-state index in [2.05, 4.69) is 15.1 Å². The Hall–Kier alpha value is -1.45. The molecule has 9 heteroatoms. The summed E-state index contributed by atoms with van der Waals surface area (Å²) in [5, 5.41) is 6.71. The number of carbonyl (C=O) groups is 1. The average molecular weight is 329 g/mol. The number of rotatable bonds is 6. The molecule has 0 aliphatic heterocycles. The molecule has 1 aliphatic carbocycles. The molecule has 0 radical (unpaired) electrons. The Morgan fingerprint density at radius 2 is 2.27 bits per heavy atom. The first kappa shape index (κ1) is 16.9. The third-order valence-corrected chi connectivity index (χ3v) is 5.50. The number of amides is 1. The van der Waals surface area contributed by atoms with Gasteiger partial charge in [0.25, 0.3) is 0 Å². The van der Waals surface area contributed by atoms with E-state index in [1.54, 1.807) is 7.05 Å². The maximum Gasteiger partial charge on any atom is 0.244 e. The number of aryl methyl sites for hydroxylation is 1. The van der Waals surface area contributed by atoms with Gasteiger partial charge in [-0.1, -0.05) is 6.42 Å². The summed E-state index contributed by atoms with van der Waals surface area (Å²) < 4.78 is 28.1. The van der Waals surface area contributed by atoms with Crippen molar-refractivity contribution in [1.29, 1.82) is 0 Å². The van der Waals surface area contributed by atoms with E-state index in [1.807, 2.05) is 0 Å². The molecule has 3 atom stereocenters. The Morgan fingerprint density at radius 1 is 1.55 bits per heavy atom. The highest BCUT2D eigenvalue weighted by atomic mass is 32.2. The van der Waals surface area contributed by atoms with Gasteiger partial charge < -0.3 is 11.1 Å². The smallest absolute Gasteiger partial charge is 0.244 e. The fraction of sp³-hybridized carbons (Fsp3) is 0.692. The average Bonchev–Trinajstić information content (AvgIpc) is 3.07. The summed E-state index contributed by atoms with van der Waals surface area (Å²) in [5.74, 6) is -0.0658. The van der Waals surface area contributed by atoms with Crippen LogP contribution in [0.25, 0.3) is 0 Å². The Labute approximate surface area is 130 Å². The highest BCUT2D eigenvalue weighted by Gasteiger charge is 2.30. The lowest BCUT2D eigenvalue weighted by Crippen LogP contribution is -2.49. The Morgan fingerprint density at radius 3 is 2.86 bits per heavy atom. The molecule has 0 saturated heterocycles. The first-order valence-corrected chi connectivity index (χ1v) is 8.83. The third kappa shape index (κ3) is 3.84. The number of sulfonamides is 1. The lowest BCUT2D eigenvalue weighted by Gasteiger charge is -2.22. The molecule has 0 spiro atoms. The van der Waals surface area contributed by atoms with Gasteiger partial charge in [-0.05, 0) is 32.2 Å². The standard InChI is InChI=1S/C13H23N5O3S/c1-9(13(19)16-12-5-3-4-10(12)6-14)17-22(20,21)11-7-15-18(2)8-11/h7-10,12,17H,3-6,14H2,1-2H3,(H,16,19). The summed E-state index contributed by atoms with van der Waals surface area (Å²) in [7, 11) is -2.13. The van der Waals surface area contributed by atoms with Crippen molar-refractivity contribution in [2.24, 2.45) is 18.7 Å². The second-order valence-corrected chi connectivity index (χ2v) is 7.45. The van der Waals surface area contributed by atoms with Crippen molar-refractivity contribution < 1.29 is 13.2 Å². The van der Waals surface area contributed by atoms with Gasteiger partial charge in [0.1, 0.15) is 4.90 Å². The number of nitrogens with zero attached hydrogens (tertiary/aromatic N) is 2. The van der Waals surface area contributed by atoms with Crippen LogP contribution >= 0.6 is 0 Å². The highest BCUT2D eigenvalue weighted by molar-refractivity contribution is 7.89. The molecule has 22 heavy (non-hydrogen) atoms. The van der Waals surface area contributed by atoms with Gasteiger partial charge in [0.2, 0.25) is 15.9 Å². The van der Waals surface area contributed by atoms with Gasteiger partial charge in [-0.15, -0.1) is 0 Å². The number of hydrogen-bond acceptors (Lipinski definition) is 5. The second-order valence-electron chi connectivity index (χ2n) is 5.73. The van der Waals surface area contributed by atoms with Gasteiger partial charge in [0, 0.05) is 19.3 Å². The number of nitrogens with one attached hydrogen (secondary N) is 2. The van der Waals surface area contributed by atoms with Crippen molar-refractivity contribution in [2.45, 2.75) is 43.2 Å². The number of carbonyl (C=O) groups excluding carboxylic acids is 1. The van der Waals surface area contributed by atoms with Crippen molar-refractivity contribution in [3.63, 3.8) is 0 Å². The Bertz CT molecular complexity index is 627. The van der Waals surface area contributed by atoms with Crippen LogP contribution in [0.15, 0.2) is 17.3 Å². The summed E-state index contributed by atoms with van der Waals surface area (Å²) in [6.07, 6.45) is 5.54. The number of hydrogen-bond donors (Lipinski definition) is 3. The molecule has 1 heterocycles. The van der Waals surface area contributed by atoms with Gasteiger partial charge in [-0.3, -0.25) is 9.48 Å². The zero-order chi connectivity index (χ0) is 16.3. The summed E-state index contributed by atoms with van der Waals surface area (Å²) in [5.41, 5.74) is 5.68. The van der Waals surface area contributed by atoms with Crippen LogP contribution in [-0.2, 0) is 21.9 Å². The molecule has 4 N–H and O–H groups in total. The van der Waals surface area contributed by atoms with Gasteiger partial charge in [-0.25, -0.2) is 8.42 Å². The fourth-order valence-corrected chi connectivity index (χ4v) is 3.89. The predicted molar refractivity (Wildman–Crippen MR) is 81.3 cm³/mol. The van der Waals surface area contributed by atoms with Crippen molar-refractivity contribution in [1.82, 2.24) is 19.8 Å².